The van der Waals surface area contributed by atoms with Crippen LogP contribution in [0, 0.1) is 0 Å². The molecule has 0 aliphatic heterocycles. The van der Waals surface area contributed by atoms with Crippen molar-refractivity contribution in [1.82, 2.24) is 20.5 Å². The van der Waals surface area contributed by atoms with Crippen LogP contribution in [0.4, 0.5) is 0 Å². The van der Waals surface area contributed by atoms with E-state index < -0.39 is 0 Å². The van der Waals surface area contributed by atoms with Crippen LogP contribution in [0.25, 0.3) is 10.6 Å². The zero-order chi connectivity index (χ0) is 11.7. The maximum absolute atomic E-state index is 4.19. The zero-order valence-corrected chi connectivity index (χ0v) is 11.5. The normalized spacial score (nSPS) is 15.1. The molecule has 1 aliphatic rings. The molecule has 2 heterocycles. The highest BCUT2D eigenvalue weighted by Gasteiger charge is 2.20. The maximum Gasteiger partial charge on any atom is 0.149 e. The summed E-state index contributed by atoms with van der Waals surface area (Å²) in [6.45, 7) is 0.823. The Morgan fingerprint density at radius 3 is 3.00 bits per heavy atom. The van der Waals surface area contributed by atoms with E-state index in [-0.39, 0.29) is 0 Å². The van der Waals surface area contributed by atoms with Gasteiger partial charge < -0.3 is 5.32 Å². The van der Waals surface area contributed by atoms with Gasteiger partial charge in [-0.25, -0.2) is 0 Å². The van der Waals surface area contributed by atoms with Crippen molar-refractivity contribution in [3.8, 4) is 10.6 Å². The van der Waals surface area contributed by atoms with Crippen LogP contribution in [0.5, 0.6) is 0 Å². The first-order chi connectivity index (χ1) is 8.31. The minimum atomic E-state index is 0.704. The zero-order valence-electron chi connectivity index (χ0n) is 9.06. The lowest BCUT2D eigenvalue weighted by molar-refractivity contribution is 0.679. The van der Waals surface area contributed by atoms with Crippen molar-refractivity contribution >= 4 is 27.3 Å². The van der Waals surface area contributed by atoms with Gasteiger partial charge in [0.25, 0.3) is 0 Å². The fraction of sp³-hybridized carbons (Fsp3) is 0.364. The molecule has 3 rings (SSSR count). The highest BCUT2D eigenvalue weighted by Crippen LogP contribution is 2.25. The molecule has 0 aromatic carbocycles. The van der Waals surface area contributed by atoms with Crippen LogP contribution in [-0.4, -0.2) is 21.2 Å². The van der Waals surface area contributed by atoms with Gasteiger partial charge in [0, 0.05) is 35.0 Å². The lowest BCUT2D eigenvalue weighted by atomic mass is 10.3. The Kier molecular flexibility index (Phi) is 3.17. The van der Waals surface area contributed by atoms with Gasteiger partial charge in [-0.2, -0.15) is 0 Å². The predicted octanol–water partition coefficient (Wildman–Crippen LogP) is 2.61. The van der Waals surface area contributed by atoms with Crippen LogP contribution < -0.4 is 5.32 Å². The monoisotopic (exact) mass is 310 g/mol. The molecular formula is C11H11BrN4S. The average molecular weight is 311 g/mol. The molecule has 0 atom stereocenters. The van der Waals surface area contributed by atoms with E-state index >= 15 is 0 Å². The molecule has 0 saturated heterocycles. The molecule has 0 unspecified atom stereocenters. The molecule has 1 N–H and O–H groups in total. The molecule has 0 bridgehead atoms. The standard InChI is InChI=1S/C11H11BrN4S/c12-8-3-7(4-13-5-8)11-16-15-10(17-11)6-14-9-1-2-9/h3-5,9,14H,1-2,6H2. The summed E-state index contributed by atoms with van der Waals surface area (Å²) < 4.78 is 0.961. The maximum atomic E-state index is 4.19. The molecule has 0 amide bonds. The van der Waals surface area contributed by atoms with Crippen LogP contribution in [-0.2, 0) is 6.54 Å². The van der Waals surface area contributed by atoms with E-state index in [0.717, 1.165) is 26.6 Å². The molecule has 4 nitrogen and oxygen atoms in total. The van der Waals surface area contributed by atoms with E-state index in [1.165, 1.54) is 12.8 Å². The molecule has 0 radical (unpaired) electrons. The summed E-state index contributed by atoms with van der Waals surface area (Å²) in [6, 6.07) is 2.71. The van der Waals surface area contributed by atoms with E-state index in [9.17, 15) is 0 Å². The second kappa shape index (κ2) is 4.80. The van der Waals surface area contributed by atoms with E-state index in [0.29, 0.717) is 6.04 Å². The summed E-state index contributed by atoms with van der Waals surface area (Å²) in [6.07, 6.45) is 6.16. The molecule has 1 aliphatic carbocycles. The number of hydrogen-bond acceptors (Lipinski definition) is 5. The molecule has 6 heteroatoms. The summed E-state index contributed by atoms with van der Waals surface area (Å²) in [5.41, 5.74) is 1.01. The molecular weight excluding hydrogens is 300 g/mol. The van der Waals surface area contributed by atoms with Gasteiger partial charge >= 0.3 is 0 Å². The smallest absolute Gasteiger partial charge is 0.149 e. The van der Waals surface area contributed by atoms with Gasteiger partial charge in [-0.3, -0.25) is 4.98 Å². The van der Waals surface area contributed by atoms with Crippen LogP contribution in [0.1, 0.15) is 17.8 Å². The van der Waals surface area contributed by atoms with Crippen LogP contribution in [0.3, 0.4) is 0 Å². The highest BCUT2D eigenvalue weighted by molar-refractivity contribution is 9.10. The first kappa shape index (κ1) is 11.3. The van der Waals surface area contributed by atoms with Crippen molar-refractivity contribution in [2.75, 3.05) is 0 Å². The van der Waals surface area contributed by atoms with Crippen molar-refractivity contribution in [2.24, 2.45) is 0 Å². The minimum Gasteiger partial charge on any atom is -0.308 e. The molecule has 88 valence electrons. The van der Waals surface area contributed by atoms with E-state index in [1.54, 1.807) is 17.5 Å². The SMILES string of the molecule is Brc1cncc(-c2nnc(CNC3CC3)s2)c1. The molecule has 1 saturated carbocycles. The molecule has 0 spiro atoms. The predicted molar refractivity (Wildman–Crippen MR) is 70.7 cm³/mol. The molecule has 17 heavy (non-hydrogen) atoms. The third-order valence-corrected chi connectivity index (χ3v) is 3.94. The second-order valence-corrected chi connectivity index (χ2v) is 6.03. The van der Waals surface area contributed by atoms with E-state index in [4.69, 9.17) is 0 Å². The van der Waals surface area contributed by atoms with Crippen molar-refractivity contribution < 1.29 is 0 Å². The van der Waals surface area contributed by atoms with Gasteiger partial charge in [-0.05, 0) is 34.8 Å². The van der Waals surface area contributed by atoms with Crippen LogP contribution in [0.2, 0.25) is 0 Å². The van der Waals surface area contributed by atoms with Gasteiger partial charge in [-0.1, -0.05) is 11.3 Å². The largest absolute Gasteiger partial charge is 0.308 e. The average Bonchev–Trinajstić information content (AvgIpc) is 3.04. The van der Waals surface area contributed by atoms with Crippen molar-refractivity contribution in [3.63, 3.8) is 0 Å². The van der Waals surface area contributed by atoms with Gasteiger partial charge in [0.05, 0.1) is 0 Å². The summed E-state index contributed by atoms with van der Waals surface area (Å²) in [4.78, 5) is 4.13. The topological polar surface area (TPSA) is 50.7 Å². The van der Waals surface area contributed by atoms with Gasteiger partial charge in [-0.15, -0.1) is 10.2 Å². The fourth-order valence-corrected chi connectivity index (χ4v) is 2.63. The Morgan fingerprint density at radius 1 is 1.35 bits per heavy atom. The van der Waals surface area contributed by atoms with Crippen LogP contribution in [0.15, 0.2) is 22.9 Å². The van der Waals surface area contributed by atoms with E-state index in [2.05, 4.69) is 36.4 Å². The summed E-state index contributed by atoms with van der Waals surface area (Å²) in [5.74, 6) is 0. The number of halogens is 1. The Labute approximate surface area is 112 Å². The number of aromatic nitrogens is 3. The Balaban J connectivity index is 1.74. The quantitative estimate of drug-likeness (QED) is 0.943. The lowest BCUT2D eigenvalue weighted by Gasteiger charge is -1.96. The molecule has 2 aromatic rings. The Bertz CT molecular complexity index is 524. The summed E-state index contributed by atoms with van der Waals surface area (Å²) in [5, 5.41) is 13.8. The third kappa shape index (κ3) is 2.88. The first-order valence-corrected chi connectivity index (χ1v) is 7.09. The molecule has 1 fully saturated rings. The Hall–Kier alpha value is -0.850. The van der Waals surface area contributed by atoms with Gasteiger partial charge in [0.2, 0.25) is 0 Å². The van der Waals surface area contributed by atoms with Crippen molar-refractivity contribution in [1.29, 1.82) is 0 Å². The number of nitrogens with one attached hydrogen (secondary N) is 1. The highest BCUT2D eigenvalue weighted by atomic mass is 79.9. The number of pyridine rings is 1. The Morgan fingerprint density at radius 2 is 2.24 bits per heavy atom. The van der Waals surface area contributed by atoms with Gasteiger partial charge in [0.1, 0.15) is 10.0 Å². The first-order valence-electron chi connectivity index (χ1n) is 5.48. The number of rotatable bonds is 4. The summed E-state index contributed by atoms with van der Waals surface area (Å²) >= 11 is 5.02. The van der Waals surface area contributed by atoms with Crippen molar-refractivity contribution in [2.45, 2.75) is 25.4 Å². The minimum absolute atomic E-state index is 0.704. The van der Waals surface area contributed by atoms with Crippen LogP contribution >= 0.6 is 27.3 Å². The van der Waals surface area contributed by atoms with E-state index in [1.807, 2.05) is 12.3 Å². The lowest BCUT2D eigenvalue weighted by Crippen LogP contribution is -2.14. The fourth-order valence-electron chi connectivity index (χ4n) is 1.49. The third-order valence-electron chi connectivity index (χ3n) is 2.54. The number of nitrogens with zero attached hydrogens (tertiary/aromatic N) is 3. The summed E-state index contributed by atoms with van der Waals surface area (Å²) in [7, 11) is 0. The van der Waals surface area contributed by atoms with Crippen molar-refractivity contribution in [3.05, 3.63) is 27.9 Å². The number of hydrogen-bond donors (Lipinski definition) is 1. The second-order valence-electron chi connectivity index (χ2n) is 4.05. The van der Waals surface area contributed by atoms with Gasteiger partial charge in [0.15, 0.2) is 0 Å². The molecule has 2 aromatic heterocycles.